The second-order valence-corrected chi connectivity index (χ2v) is 6.35. The smallest absolute Gasteiger partial charge is 0.419 e. The lowest BCUT2D eigenvalue weighted by molar-refractivity contribution is -0.138. The van der Waals surface area contributed by atoms with E-state index in [1.807, 2.05) is 0 Å². The summed E-state index contributed by atoms with van der Waals surface area (Å²) in [5.74, 6) is -1.92. The first-order valence-corrected chi connectivity index (χ1v) is 8.64. The number of carbonyl (C=O) groups excluding carboxylic acids is 1. The third kappa shape index (κ3) is 3.50. The quantitative estimate of drug-likeness (QED) is 0.460. The van der Waals surface area contributed by atoms with E-state index in [0.717, 1.165) is 6.20 Å². The van der Waals surface area contributed by atoms with E-state index in [-0.39, 0.29) is 35.6 Å². The molecule has 0 amide bonds. The predicted molar refractivity (Wildman–Crippen MR) is 97.3 cm³/mol. The maximum atomic E-state index is 13.7. The van der Waals surface area contributed by atoms with Gasteiger partial charge >= 0.3 is 6.18 Å². The molecule has 0 saturated carbocycles. The molecule has 0 fully saturated rings. The van der Waals surface area contributed by atoms with Crippen molar-refractivity contribution in [3.05, 3.63) is 46.0 Å². The number of halogens is 4. The van der Waals surface area contributed by atoms with Crippen molar-refractivity contribution < 1.29 is 27.5 Å². The molecule has 0 bridgehead atoms. The van der Waals surface area contributed by atoms with Gasteiger partial charge in [0.15, 0.2) is 0 Å². The summed E-state index contributed by atoms with van der Waals surface area (Å²) in [7, 11) is 1.57. The Kier molecular flexibility index (Phi) is 5.23. The molecule has 0 atom stereocenters. The van der Waals surface area contributed by atoms with Crippen LogP contribution in [0.3, 0.4) is 0 Å². The Bertz CT molecular complexity index is 967. The van der Waals surface area contributed by atoms with Crippen molar-refractivity contribution in [2.45, 2.75) is 32.7 Å². The number of aryl methyl sites for hydroxylation is 1. The van der Waals surface area contributed by atoms with Crippen LogP contribution in [0.4, 0.5) is 23.5 Å². The first-order chi connectivity index (χ1) is 13.2. The number of aromatic hydroxyl groups is 1. The molecule has 2 heterocycles. The van der Waals surface area contributed by atoms with Gasteiger partial charge in [-0.25, -0.2) is 9.37 Å². The Morgan fingerprint density at radius 2 is 2.11 bits per heavy atom. The zero-order chi connectivity index (χ0) is 20.6. The molecule has 0 saturated heterocycles. The number of aromatic nitrogens is 2. The van der Waals surface area contributed by atoms with Crippen molar-refractivity contribution >= 4 is 25.2 Å². The molecule has 0 spiro atoms. The largest absolute Gasteiger partial charge is 0.507 e. The van der Waals surface area contributed by atoms with Gasteiger partial charge in [0, 0.05) is 11.8 Å². The Balaban J connectivity index is 2.19. The van der Waals surface area contributed by atoms with Gasteiger partial charge in [-0.3, -0.25) is 9.36 Å². The Labute approximate surface area is 159 Å². The first kappa shape index (κ1) is 20.0. The summed E-state index contributed by atoms with van der Waals surface area (Å²) in [6, 6.07) is 1.84. The Hall–Kier alpha value is -2.78. The molecule has 1 aromatic heterocycles. The number of hydrogen-bond acceptors (Lipinski definition) is 4. The molecule has 1 radical (unpaired) electrons. The van der Waals surface area contributed by atoms with E-state index in [2.05, 4.69) is 10.3 Å². The number of rotatable bonds is 5. The first-order valence-electron chi connectivity index (χ1n) is 8.64. The monoisotopic (exact) mass is 394 g/mol. The van der Waals surface area contributed by atoms with Crippen LogP contribution in [0.5, 0.6) is 5.75 Å². The molecular weight excluding hydrogens is 377 g/mol. The number of carbonyl (C=O) groups is 1. The van der Waals surface area contributed by atoms with Crippen LogP contribution in [0.25, 0.3) is 6.20 Å². The number of nitrogens with zero attached hydrogens (tertiary/aromatic N) is 2. The van der Waals surface area contributed by atoms with Crippen molar-refractivity contribution in [3.8, 4) is 5.75 Å². The molecule has 5 nitrogen and oxygen atoms in total. The standard InChI is InChI=1S/C18H17BF4N3O2/c1-3-13-14(26-8-11(20)7-24-17(26)25-13)16(28)9-4-10(6-19-2)15(27)12(5-9)18(21,22)23/h4-5,8,27H,3,6-7H2,1-2H3,(H,24,25). The fourth-order valence-electron chi connectivity index (χ4n) is 3.12. The van der Waals surface area contributed by atoms with Crippen molar-refractivity contribution in [2.24, 2.45) is 0 Å². The number of phenolic OH excluding ortho intramolecular Hbond substituents is 1. The number of hydrogen-bond donors (Lipinski definition) is 2. The van der Waals surface area contributed by atoms with Crippen LogP contribution in [0.2, 0.25) is 6.82 Å². The number of ketones is 1. The summed E-state index contributed by atoms with van der Waals surface area (Å²) >= 11 is 0. The molecule has 0 aliphatic carbocycles. The van der Waals surface area contributed by atoms with Crippen LogP contribution >= 0.6 is 0 Å². The fraction of sp³-hybridized carbons (Fsp3) is 0.333. The van der Waals surface area contributed by atoms with E-state index in [1.165, 1.54) is 10.6 Å². The topological polar surface area (TPSA) is 67.2 Å². The lowest BCUT2D eigenvalue weighted by atomic mass is 9.74. The molecule has 147 valence electrons. The lowest BCUT2D eigenvalue weighted by Crippen LogP contribution is -2.17. The highest BCUT2D eigenvalue weighted by atomic mass is 19.4. The van der Waals surface area contributed by atoms with E-state index in [1.54, 1.807) is 21.0 Å². The number of nitrogens with one attached hydrogen (secondary N) is 1. The Morgan fingerprint density at radius 1 is 1.39 bits per heavy atom. The highest BCUT2D eigenvalue weighted by molar-refractivity contribution is 6.33. The van der Waals surface area contributed by atoms with E-state index < -0.39 is 29.1 Å². The SMILES string of the molecule is C[B]Cc1cc(C(=O)c2c(CC)nc3n2C=C(F)CN3)cc(C(F)(F)F)c1O. The van der Waals surface area contributed by atoms with E-state index in [0.29, 0.717) is 18.2 Å². The van der Waals surface area contributed by atoms with Gasteiger partial charge in [0.1, 0.15) is 24.5 Å². The minimum absolute atomic E-state index is 0.00917. The van der Waals surface area contributed by atoms with Crippen molar-refractivity contribution in [3.63, 3.8) is 0 Å². The summed E-state index contributed by atoms with van der Waals surface area (Å²) in [6.07, 6.45) is -3.35. The van der Waals surface area contributed by atoms with E-state index in [4.69, 9.17) is 0 Å². The molecule has 2 N–H and O–H groups in total. The van der Waals surface area contributed by atoms with Gasteiger partial charge in [-0.1, -0.05) is 20.1 Å². The number of imidazole rings is 1. The maximum absolute atomic E-state index is 13.7. The average Bonchev–Trinajstić information content (AvgIpc) is 2.99. The zero-order valence-corrected chi connectivity index (χ0v) is 15.2. The van der Waals surface area contributed by atoms with Gasteiger partial charge in [-0.05, 0) is 24.1 Å². The third-order valence-corrected chi connectivity index (χ3v) is 4.40. The van der Waals surface area contributed by atoms with E-state index >= 15 is 0 Å². The highest BCUT2D eigenvalue weighted by Gasteiger charge is 2.36. The molecule has 10 heteroatoms. The predicted octanol–water partition coefficient (Wildman–Crippen LogP) is 3.85. The Morgan fingerprint density at radius 3 is 2.71 bits per heavy atom. The maximum Gasteiger partial charge on any atom is 0.419 e. The van der Waals surface area contributed by atoms with Gasteiger partial charge in [0.05, 0.1) is 17.8 Å². The van der Waals surface area contributed by atoms with Crippen LogP contribution in [0.1, 0.15) is 39.8 Å². The van der Waals surface area contributed by atoms with Crippen LogP contribution in [-0.2, 0) is 18.9 Å². The summed E-state index contributed by atoms with van der Waals surface area (Å²) in [4.78, 5) is 17.4. The summed E-state index contributed by atoms with van der Waals surface area (Å²) < 4.78 is 55.0. The average molecular weight is 394 g/mol. The molecular formula is C18H17BF4N3O2. The van der Waals surface area contributed by atoms with Gasteiger partial charge in [0.25, 0.3) is 0 Å². The summed E-state index contributed by atoms with van der Waals surface area (Å²) in [5.41, 5.74) is -1.23. The second-order valence-electron chi connectivity index (χ2n) is 6.35. The molecule has 2 aromatic rings. The lowest BCUT2D eigenvalue weighted by Gasteiger charge is -2.16. The van der Waals surface area contributed by atoms with Crippen LogP contribution < -0.4 is 5.32 Å². The van der Waals surface area contributed by atoms with Crippen molar-refractivity contribution in [2.75, 3.05) is 11.9 Å². The number of alkyl halides is 3. The molecule has 28 heavy (non-hydrogen) atoms. The number of benzene rings is 1. The van der Waals surface area contributed by atoms with Crippen LogP contribution in [0.15, 0.2) is 18.0 Å². The van der Waals surface area contributed by atoms with Crippen LogP contribution in [-0.4, -0.2) is 34.3 Å². The molecule has 1 aliphatic heterocycles. The molecule has 0 unspecified atom stereocenters. The summed E-state index contributed by atoms with van der Waals surface area (Å²) in [5, 5.41) is 12.7. The fourth-order valence-corrected chi connectivity index (χ4v) is 3.12. The highest BCUT2D eigenvalue weighted by Crippen LogP contribution is 2.39. The van der Waals surface area contributed by atoms with Gasteiger partial charge in [0.2, 0.25) is 11.7 Å². The number of fused-ring (bicyclic) bond motifs is 1. The second kappa shape index (κ2) is 7.33. The van der Waals surface area contributed by atoms with Crippen molar-refractivity contribution in [1.82, 2.24) is 9.55 Å². The zero-order valence-electron chi connectivity index (χ0n) is 15.2. The number of phenols is 1. The minimum atomic E-state index is -4.83. The van der Waals surface area contributed by atoms with Gasteiger partial charge < -0.3 is 10.4 Å². The summed E-state index contributed by atoms with van der Waals surface area (Å²) in [6.45, 7) is 3.28. The minimum Gasteiger partial charge on any atom is -0.507 e. The molecule has 3 rings (SSSR count). The third-order valence-electron chi connectivity index (χ3n) is 4.40. The van der Waals surface area contributed by atoms with Gasteiger partial charge in [-0.15, -0.1) is 0 Å². The van der Waals surface area contributed by atoms with Crippen molar-refractivity contribution in [1.29, 1.82) is 0 Å². The van der Waals surface area contributed by atoms with Crippen LogP contribution in [0, 0.1) is 0 Å². The molecule has 1 aromatic carbocycles. The number of anilines is 1. The van der Waals surface area contributed by atoms with E-state index in [9.17, 15) is 27.5 Å². The molecule has 1 aliphatic rings. The normalized spacial score (nSPS) is 13.6. The van der Waals surface area contributed by atoms with Gasteiger partial charge in [-0.2, -0.15) is 13.2 Å².